The van der Waals surface area contributed by atoms with E-state index in [1.807, 2.05) is 59.8 Å². The molecule has 0 aliphatic rings. The Labute approximate surface area is 320 Å². The molecule has 0 N–H and O–H groups in total. The first-order valence-corrected chi connectivity index (χ1v) is 20.4. The Morgan fingerprint density at radius 1 is 0.680 bits per heavy atom. The van der Waals surface area contributed by atoms with Gasteiger partial charge in [-0.15, -0.1) is 6.58 Å². The predicted molar refractivity (Wildman–Crippen MR) is 245 cm³/mol. The molecule has 0 aliphatic carbocycles. The van der Waals surface area contributed by atoms with Gasteiger partial charge in [-0.05, 0) is 75.2 Å². The summed E-state index contributed by atoms with van der Waals surface area (Å²) in [7, 11) is 0. The highest BCUT2D eigenvalue weighted by Gasteiger charge is 2.30. The Morgan fingerprint density at radius 3 is 1.44 bits per heavy atom. The van der Waals surface area contributed by atoms with Gasteiger partial charge in [0, 0.05) is 0 Å². The van der Waals surface area contributed by atoms with Crippen molar-refractivity contribution < 1.29 is 0 Å². The van der Waals surface area contributed by atoms with E-state index in [1.165, 1.54) is 66.4 Å². The summed E-state index contributed by atoms with van der Waals surface area (Å²) in [6, 6.07) is 0. The summed E-state index contributed by atoms with van der Waals surface area (Å²) in [6.45, 7) is 60.5. The van der Waals surface area contributed by atoms with Gasteiger partial charge in [0.25, 0.3) is 0 Å². The van der Waals surface area contributed by atoms with Crippen LogP contribution in [0.4, 0.5) is 0 Å². The second-order valence-corrected chi connectivity index (χ2v) is 13.6. The Balaban J connectivity index is -0.000000114. The summed E-state index contributed by atoms with van der Waals surface area (Å²) in [5.41, 5.74) is 6.98. The molecule has 0 nitrogen and oxygen atoms in total. The van der Waals surface area contributed by atoms with Crippen molar-refractivity contribution in [3.8, 4) is 0 Å². The van der Waals surface area contributed by atoms with Crippen molar-refractivity contribution in [3.05, 3.63) is 109 Å². The Kier molecular flexibility index (Phi) is 56.1. The van der Waals surface area contributed by atoms with E-state index in [1.54, 1.807) is 0 Å². The lowest BCUT2D eigenvalue weighted by Crippen LogP contribution is -2.27. The van der Waals surface area contributed by atoms with E-state index in [9.17, 15) is 0 Å². The van der Waals surface area contributed by atoms with E-state index in [4.69, 9.17) is 0 Å². The highest BCUT2D eigenvalue weighted by atomic mass is 14.3. The van der Waals surface area contributed by atoms with Gasteiger partial charge in [0.05, 0.1) is 0 Å². The van der Waals surface area contributed by atoms with E-state index in [0.29, 0.717) is 17.3 Å². The van der Waals surface area contributed by atoms with E-state index < -0.39 is 0 Å². The second-order valence-electron chi connectivity index (χ2n) is 13.6. The Morgan fingerprint density at radius 2 is 1.14 bits per heavy atom. The fourth-order valence-corrected chi connectivity index (χ4v) is 4.12. The third kappa shape index (κ3) is 41.8. The average Bonchev–Trinajstić information content (AvgIpc) is 3.08. The molecule has 0 saturated heterocycles. The van der Waals surface area contributed by atoms with Crippen LogP contribution >= 0.6 is 0 Å². The molecule has 0 heterocycles. The van der Waals surface area contributed by atoms with Crippen LogP contribution in [0.5, 0.6) is 0 Å². The summed E-state index contributed by atoms with van der Waals surface area (Å²) in [6.07, 6.45) is 27.5. The minimum Gasteiger partial charge on any atom is -0.100 e. The van der Waals surface area contributed by atoms with Gasteiger partial charge in [0.2, 0.25) is 0 Å². The lowest BCUT2D eigenvalue weighted by molar-refractivity contribution is 0.204. The lowest BCUT2D eigenvalue weighted by Gasteiger charge is -2.36. The zero-order valence-corrected chi connectivity index (χ0v) is 38.6. The number of rotatable bonds is 16. The zero-order valence-electron chi connectivity index (χ0n) is 38.6. The molecule has 0 spiro atoms. The number of allylic oxidation sites excluding steroid dienone is 14. The van der Waals surface area contributed by atoms with Gasteiger partial charge in [-0.3, -0.25) is 0 Å². The summed E-state index contributed by atoms with van der Waals surface area (Å²) in [5, 5.41) is 0. The molecular formula is C50H96. The van der Waals surface area contributed by atoms with Gasteiger partial charge < -0.3 is 0 Å². The van der Waals surface area contributed by atoms with E-state index in [2.05, 4.69) is 167 Å². The predicted octanol–water partition coefficient (Wildman–Crippen LogP) is 18.6. The van der Waals surface area contributed by atoms with E-state index in [-0.39, 0.29) is 5.41 Å². The molecule has 0 aliphatic heterocycles. The number of hydrogen-bond donors (Lipinski definition) is 0. The molecule has 2 atom stereocenters. The van der Waals surface area contributed by atoms with Crippen LogP contribution in [0, 0.1) is 22.7 Å². The first-order valence-electron chi connectivity index (χ1n) is 20.4. The summed E-state index contributed by atoms with van der Waals surface area (Å²) < 4.78 is 0. The number of unbranched alkanes of at least 4 members (excludes halogenated alkanes) is 1. The molecule has 0 aromatic rings. The summed E-state index contributed by atoms with van der Waals surface area (Å²) in [5.74, 6) is 0.988. The molecule has 0 aromatic carbocycles. The van der Waals surface area contributed by atoms with E-state index >= 15 is 0 Å². The monoisotopic (exact) mass is 697 g/mol. The van der Waals surface area contributed by atoms with Crippen LogP contribution in [-0.4, -0.2) is 0 Å². The molecule has 0 bridgehead atoms. The standard InChI is InChI=1S/C23H36.C12H22.C6H12.C3H8.3C2H6/c1-10-13-19(5)14-12-15-20(6)16-17-22(21(7)18(3)4)23(8,9)11-2;1-6-9-10-11(7-2)12(4,5)8-3;1-4-5-6(2)3;1-3-2;3*1-2/h10,12-17,21-22H,1,3,11H2,2,4-9H3;7,10H,2,6,8-9H2,1,3-5H3;2,4-5H2,1,3H3;3H2,1-2H3;3*1-2H3/b14-12+,17-16+,19-13+,20-15+;11-10+;;;;;. The third-order valence-corrected chi connectivity index (χ3v) is 8.01. The van der Waals surface area contributed by atoms with Crippen LogP contribution in [0.3, 0.4) is 0 Å². The van der Waals surface area contributed by atoms with Gasteiger partial charge in [0.1, 0.15) is 0 Å². The van der Waals surface area contributed by atoms with Gasteiger partial charge in [0.15, 0.2) is 0 Å². The molecule has 0 rings (SSSR count). The molecule has 50 heavy (non-hydrogen) atoms. The fourth-order valence-electron chi connectivity index (χ4n) is 4.12. The quantitative estimate of drug-likeness (QED) is 0.111. The van der Waals surface area contributed by atoms with Crippen LogP contribution in [0.15, 0.2) is 109 Å². The normalized spacial score (nSPS) is 12.6. The highest BCUT2D eigenvalue weighted by molar-refractivity contribution is 5.28. The molecule has 0 amide bonds. The van der Waals surface area contributed by atoms with E-state index in [0.717, 1.165) is 6.42 Å². The first kappa shape index (κ1) is 62.8. The maximum Gasteiger partial charge on any atom is -0.0110 e. The smallest absolute Gasteiger partial charge is 0.0110 e. The topological polar surface area (TPSA) is 0 Å². The van der Waals surface area contributed by atoms with Crippen molar-refractivity contribution in [1.82, 2.24) is 0 Å². The molecule has 0 aromatic heterocycles. The zero-order chi connectivity index (χ0) is 41.4. The second kappa shape index (κ2) is 44.7. The van der Waals surface area contributed by atoms with Crippen molar-refractivity contribution in [1.29, 1.82) is 0 Å². The molecule has 0 heteroatoms. The van der Waals surface area contributed by atoms with Gasteiger partial charge in [-0.25, -0.2) is 0 Å². The van der Waals surface area contributed by atoms with Crippen molar-refractivity contribution in [3.63, 3.8) is 0 Å². The summed E-state index contributed by atoms with van der Waals surface area (Å²) in [4.78, 5) is 0. The maximum absolute atomic E-state index is 4.16. The first-order chi connectivity index (χ1) is 23.4. The van der Waals surface area contributed by atoms with Gasteiger partial charge in [-0.1, -0.05) is 240 Å². The molecular weight excluding hydrogens is 601 g/mol. The highest BCUT2D eigenvalue weighted by Crippen LogP contribution is 2.39. The Bertz CT molecular complexity index is 919. The molecule has 2 unspecified atom stereocenters. The molecule has 0 saturated carbocycles. The van der Waals surface area contributed by atoms with Gasteiger partial charge >= 0.3 is 0 Å². The van der Waals surface area contributed by atoms with Gasteiger partial charge in [-0.2, -0.15) is 0 Å². The van der Waals surface area contributed by atoms with Crippen LogP contribution in [0.25, 0.3) is 0 Å². The molecule has 296 valence electrons. The fraction of sp³-hybridized carbons (Fsp3) is 0.640. The van der Waals surface area contributed by atoms with Crippen molar-refractivity contribution in [2.45, 2.75) is 190 Å². The minimum absolute atomic E-state index is 0.272. The van der Waals surface area contributed by atoms with Crippen LogP contribution in [0.1, 0.15) is 190 Å². The largest absolute Gasteiger partial charge is 0.100 e. The average molecular weight is 697 g/mol. The SMILES string of the molecule is C=C(C)CCC.C=C/C(=C\CCC)C(C)(C)CC.C=C/C=C(C)/C=C/C=C(C)/C=C/C(C(C)C(=C)C)C(C)(C)CC.CC.CC.CC.CCC. The van der Waals surface area contributed by atoms with Crippen LogP contribution < -0.4 is 0 Å². The third-order valence-electron chi connectivity index (χ3n) is 8.01. The Hall–Kier alpha value is -2.34. The molecule has 0 radical (unpaired) electrons. The van der Waals surface area contributed by atoms with Crippen molar-refractivity contribution in [2.24, 2.45) is 22.7 Å². The van der Waals surface area contributed by atoms with Crippen molar-refractivity contribution in [2.75, 3.05) is 0 Å². The maximum atomic E-state index is 4.16. The van der Waals surface area contributed by atoms with Crippen LogP contribution in [-0.2, 0) is 0 Å². The number of hydrogen-bond acceptors (Lipinski definition) is 0. The van der Waals surface area contributed by atoms with Crippen molar-refractivity contribution >= 4 is 0 Å². The van der Waals surface area contributed by atoms with Crippen LogP contribution in [0.2, 0.25) is 0 Å². The minimum atomic E-state index is 0.272. The summed E-state index contributed by atoms with van der Waals surface area (Å²) >= 11 is 0. The lowest BCUT2D eigenvalue weighted by atomic mass is 9.69. The molecule has 0 fully saturated rings.